The first-order valence-corrected chi connectivity index (χ1v) is 5.49. The number of nitrogens with one attached hydrogen (secondary N) is 1. The van der Waals surface area contributed by atoms with Gasteiger partial charge in [-0.15, -0.1) is 0 Å². The van der Waals surface area contributed by atoms with Crippen molar-refractivity contribution in [3.05, 3.63) is 23.9 Å². The van der Waals surface area contributed by atoms with E-state index < -0.39 is 0 Å². The third-order valence-electron chi connectivity index (χ3n) is 2.80. The Balaban J connectivity index is 2.19. The molecule has 0 aromatic carbocycles. The van der Waals surface area contributed by atoms with Crippen LogP contribution in [0, 0.1) is 0 Å². The Bertz CT molecular complexity index is 345. The van der Waals surface area contributed by atoms with Crippen molar-refractivity contribution >= 4 is 0 Å². The standard InChI is InChI=1S/C12H18N2O/c1-9(2)15-11-6-4-5-10(14-11)12(13-3)7-8-12/h4-6,9,13H,7-8H2,1-3H3. The van der Waals surface area contributed by atoms with Crippen LogP contribution in [-0.2, 0) is 5.54 Å². The number of hydrogen-bond acceptors (Lipinski definition) is 3. The van der Waals surface area contributed by atoms with Crippen LogP contribution >= 0.6 is 0 Å². The average molecular weight is 206 g/mol. The number of ether oxygens (including phenoxy) is 1. The molecule has 1 N–H and O–H groups in total. The number of aromatic nitrogens is 1. The van der Waals surface area contributed by atoms with Crippen molar-refractivity contribution in [2.24, 2.45) is 0 Å². The molecule has 0 aliphatic heterocycles. The van der Waals surface area contributed by atoms with Crippen LogP contribution in [0.4, 0.5) is 0 Å². The largest absolute Gasteiger partial charge is 0.475 e. The molecule has 1 fully saturated rings. The van der Waals surface area contributed by atoms with Gasteiger partial charge in [0.15, 0.2) is 0 Å². The van der Waals surface area contributed by atoms with Crippen LogP contribution in [-0.4, -0.2) is 18.1 Å². The molecular weight excluding hydrogens is 188 g/mol. The normalized spacial score (nSPS) is 17.9. The molecule has 15 heavy (non-hydrogen) atoms. The molecule has 3 heteroatoms. The Hall–Kier alpha value is -1.09. The van der Waals surface area contributed by atoms with Gasteiger partial charge >= 0.3 is 0 Å². The summed E-state index contributed by atoms with van der Waals surface area (Å²) in [5, 5.41) is 3.33. The molecule has 1 heterocycles. The van der Waals surface area contributed by atoms with Gasteiger partial charge in [-0.1, -0.05) is 6.07 Å². The maximum atomic E-state index is 5.58. The fraction of sp³-hybridized carbons (Fsp3) is 0.583. The van der Waals surface area contributed by atoms with Crippen molar-refractivity contribution in [2.45, 2.75) is 38.3 Å². The molecule has 82 valence electrons. The predicted molar refractivity (Wildman–Crippen MR) is 60.0 cm³/mol. The second-order valence-electron chi connectivity index (χ2n) is 4.36. The highest BCUT2D eigenvalue weighted by Gasteiger charge is 2.44. The summed E-state index contributed by atoms with van der Waals surface area (Å²) in [6, 6.07) is 5.99. The highest BCUT2D eigenvalue weighted by Crippen LogP contribution is 2.44. The lowest BCUT2D eigenvalue weighted by atomic mass is 10.1. The van der Waals surface area contributed by atoms with E-state index in [1.54, 1.807) is 0 Å². The lowest BCUT2D eigenvalue weighted by Crippen LogP contribution is -2.25. The third-order valence-corrected chi connectivity index (χ3v) is 2.80. The van der Waals surface area contributed by atoms with Crippen LogP contribution in [0.5, 0.6) is 5.88 Å². The number of hydrogen-bond donors (Lipinski definition) is 1. The minimum absolute atomic E-state index is 0.121. The Morgan fingerprint density at radius 3 is 2.67 bits per heavy atom. The summed E-state index contributed by atoms with van der Waals surface area (Å²) in [4.78, 5) is 4.53. The molecule has 0 spiro atoms. The Kier molecular flexibility index (Phi) is 2.65. The summed E-state index contributed by atoms with van der Waals surface area (Å²) >= 11 is 0. The number of rotatable bonds is 4. The van der Waals surface area contributed by atoms with Gasteiger partial charge in [0.05, 0.1) is 17.3 Å². The minimum atomic E-state index is 0.121. The zero-order chi connectivity index (χ0) is 10.9. The maximum Gasteiger partial charge on any atom is 0.213 e. The van der Waals surface area contributed by atoms with Gasteiger partial charge in [0.2, 0.25) is 5.88 Å². The highest BCUT2D eigenvalue weighted by molar-refractivity contribution is 5.26. The molecule has 0 bridgehead atoms. The Morgan fingerprint density at radius 1 is 1.40 bits per heavy atom. The van der Waals surface area contributed by atoms with Crippen LogP contribution in [0.3, 0.4) is 0 Å². The van der Waals surface area contributed by atoms with Crippen LogP contribution in [0.25, 0.3) is 0 Å². The molecule has 1 aliphatic carbocycles. The van der Waals surface area contributed by atoms with E-state index in [0.717, 1.165) is 11.6 Å². The fourth-order valence-corrected chi connectivity index (χ4v) is 1.75. The molecule has 1 saturated carbocycles. The van der Waals surface area contributed by atoms with Gasteiger partial charge in [-0.05, 0) is 39.8 Å². The zero-order valence-corrected chi connectivity index (χ0v) is 9.58. The monoisotopic (exact) mass is 206 g/mol. The highest BCUT2D eigenvalue weighted by atomic mass is 16.5. The average Bonchev–Trinajstić information content (AvgIpc) is 2.97. The molecule has 0 unspecified atom stereocenters. The second kappa shape index (κ2) is 3.81. The van der Waals surface area contributed by atoms with Crippen molar-refractivity contribution in [3.8, 4) is 5.88 Å². The SMILES string of the molecule is CNC1(c2cccc(OC(C)C)n2)CC1. The first kappa shape index (κ1) is 10.4. The first-order valence-electron chi connectivity index (χ1n) is 5.49. The van der Waals surface area contributed by atoms with E-state index in [1.165, 1.54) is 12.8 Å². The lowest BCUT2D eigenvalue weighted by Gasteiger charge is -2.15. The van der Waals surface area contributed by atoms with Crippen molar-refractivity contribution in [3.63, 3.8) is 0 Å². The maximum absolute atomic E-state index is 5.58. The molecule has 0 amide bonds. The van der Waals surface area contributed by atoms with Crippen molar-refractivity contribution in [2.75, 3.05) is 7.05 Å². The van der Waals surface area contributed by atoms with E-state index in [1.807, 2.05) is 33.0 Å². The van der Waals surface area contributed by atoms with E-state index in [4.69, 9.17) is 4.74 Å². The van der Waals surface area contributed by atoms with E-state index in [0.29, 0.717) is 0 Å². The van der Waals surface area contributed by atoms with Gasteiger partial charge in [0, 0.05) is 6.07 Å². The van der Waals surface area contributed by atoms with Crippen molar-refractivity contribution in [1.82, 2.24) is 10.3 Å². The molecular formula is C12H18N2O. The van der Waals surface area contributed by atoms with Crippen LogP contribution in [0.2, 0.25) is 0 Å². The van der Waals surface area contributed by atoms with Crippen LogP contribution in [0.1, 0.15) is 32.4 Å². The topological polar surface area (TPSA) is 34.1 Å². The molecule has 0 atom stereocenters. The Labute approximate surface area is 90.9 Å². The molecule has 1 aromatic heterocycles. The number of nitrogens with zero attached hydrogens (tertiary/aromatic N) is 1. The molecule has 2 rings (SSSR count). The van der Waals surface area contributed by atoms with Crippen LogP contribution < -0.4 is 10.1 Å². The molecule has 1 aromatic rings. The predicted octanol–water partition coefficient (Wildman–Crippen LogP) is 2.08. The lowest BCUT2D eigenvalue weighted by molar-refractivity contribution is 0.231. The number of pyridine rings is 1. The van der Waals surface area contributed by atoms with Gasteiger partial charge in [0.25, 0.3) is 0 Å². The smallest absolute Gasteiger partial charge is 0.213 e. The molecule has 0 radical (unpaired) electrons. The van der Waals surface area contributed by atoms with Crippen molar-refractivity contribution in [1.29, 1.82) is 0 Å². The second-order valence-corrected chi connectivity index (χ2v) is 4.36. The summed E-state index contributed by atoms with van der Waals surface area (Å²) in [5.74, 6) is 0.726. The van der Waals surface area contributed by atoms with Crippen molar-refractivity contribution < 1.29 is 4.74 Å². The zero-order valence-electron chi connectivity index (χ0n) is 9.58. The molecule has 3 nitrogen and oxygen atoms in total. The first-order chi connectivity index (χ1) is 7.16. The van der Waals surface area contributed by atoms with Gasteiger partial charge in [-0.25, -0.2) is 4.98 Å². The van der Waals surface area contributed by atoms with Gasteiger partial charge < -0.3 is 10.1 Å². The summed E-state index contributed by atoms with van der Waals surface area (Å²) in [7, 11) is 1.99. The Morgan fingerprint density at radius 2 is 2.13 bits per heavy atom. The fourth-order valence-electron chi connectivity index (χ4n) is 1.75. The van der Waals surface area contributed by atoms with E-state index in [-0.39, 0.29) is 11.6 Å². The van der Waals surface area contributed by atoms with E-state index in [9.17, 15) is 0 Å². The third kappa shape index (κ3) is 2.12. The summed E-state index contributed by atoms with van der Waals surface area (Å²) in [6.07, 6.45) is 2.51. The minimum Gasteiger partial charge on any atom is -0.475 e. The van der Waals surface area contributed by atoms with Gasteiger partial charge in [-0.3, -0.25) is 0 Å². The molecule has 1 aliphatic rings. The quantitative estimate of drug-likeness (QED) is 0.819. The van der Waals surface area contributed by atoms with Gasteiger partial charge in [0.1, 0.15) is 0 Å². The summed E-state index contributed by atoms with van der Waals surface area (Å²) in [6.45, 7) is 4.03. The van der Waals surface area contributed by atoms with E-state index >= 15 is 0 Å². The summed E-state index contributed by atoms with van der Waals surface area (Å²) < 4.78 is 5.58. The molecule has 0 saturated heterocycles. The van der Waals surface area contributed by atoms with Crippen LogP contribution in [0.15, 0.2) is 18.2 Å². The van der Waals surface area contributed by atoms with E-state index in [2.05, 4.69) is 16.4 Å². The van der Waals surface area contributed by atoms with Gasteiger partial charge in [-0.2, -0.15) is 0 Å². The summed E-state index contributed by atoms with van der Waals surface area (Å²) in [5.41, 5.74) is 1.22.